The number of hydrogen-bond donors (Lipinski definition) is 0. The third kappa shape index (κ3) is 2.19. The highest BCUT2D eigenvalue weighted by Gasteiger charge is 2.31. The molecule has 15 heavy (non-hydrogen) atoms. The predicted molar refractivity (Wildman–Crippen MR) is 53.5 cm³/mol. The fraction of sp³-hybridized carbons (Fsp3) is 0.455. The molecule has 0 radical (unpaired) electrons. The number of alkyl halides is 2. The van der Waals surface area contributed by atoms with E-state index < -0.39 is 5.92 Å². The van der Waals surface area contributed by atoms with Crippen LogP contribution in [0.4, 0.5) is 8.78 Å². The SMILES string of the molecule is Cc1nccnc1C1=CCC(F)(F)CC1. The van der Waals surface area contributed by atoms with E-state index in [1.165, 1.54) is 0 Å². The molecule has 0 bridgehead atoms. The average Bonchev–Trinajstić information content (AvgIpc) is 2.19. The quantitative estimate of drug-likeness (QED) is 0.712. The first kappa shape index (κ1) is 10.2. The Kier molecular flexibility index (Phi) is 2.50. The molecule has 1 aromatic heterocycles. The van der Waals surface area contributed by atoms with Crippen molar-refractivity contribution in [1.82, 2.24) is 9.97 Å². The molecule has 1 heterocycles. The van der Waals surface area contributed by atoms with Crippen molar-refractivity contribution in [2.75, 3.05) is 0 Å². The van der Waals surface area contributed by atoms with E-state index in [-0.39, 0.29) is 12.8 Å². The molecule has 0 saturated carbocycles. The molecule has 0 spiro atoms. The molecule has 0 saturated heterocycles. The molecule has 0 aromatic carbocycles. The number of hydrogen-bond acceptors (Lipinski definition) is 2. The van der Waals surface area contributed by atoms with Crippen LogP contribution in [0.2, 0.25) is 0 Å². The maximum Gasteiger partial charge on any atom is 0.251 e. The van der Waals surface area contributed by atoms with Crippen LogP contribution >= 0.6 is 0 Å². The second-order valence-corrected chi connectivity index (χ2v) is 3.78. The molecule has 1 aliphatic rings. The number of nitrogens with zero attached hydrogens (tertiary/aromatic N) is 2. The maximum absolute atomic E-state index is 12.9. The molecule has 0 N–H and O–H groups in total. The highest BCUT2D eigenvalue weighted by molar-refractivity contribution is 5.64. The number of aromatic nitrogens is 2. The van der Waals surface area contributed by atoms with Crippen molar-refractivity contribution >= 4 is 5.57 Å². The fourth-order valence-corrected chi connectivity index (χ4v) is 1.73. The predicted octanol–water partition coefficient (Wildman–Crippen LogP) is 2.99. The first-order valence-corrected chi connectivity index (χ1v) is 4.93. The first-order chi connectivity index (χ1) is 7.08. The van der Waals surface area contributed by atoms with Gasteiger partial charge in [-0.1, -0.05) is 6.08 Å². The maximum atomic E-state index is 12.9. The number of rotatable bonds is 1. The normalized spacial score (nSPS) is 19.8. The summed E-state index contributed by atoms with van der Waals surface area (Å²) in [7, 11) is 0. The number of allylic oxidation sites excluding steroid dienone is 2. The lowest BCUT2D eigenvalue weighted by Gasteiger charge is -2.21. The molecule has 1 aromatic rings. The molecular weight excluding hydrogens is 198 g/mol. The second kappa shape index (κ2) is 3.68. The summed E-state index contributed by atoms with van der Waals surface area (Å²) in [4.78, 5) is 8.27. The van der Waals surface area contributed by atoms with Gasteiger partial charge in [0.15, 0.2) is 0 Å². The molecule has 1 aliphatic carbocycles. The van der Waals surface area contributed by atoms with Gasteiger partial charge >= 0.3 is 0 Å². The Morgan fingerprint density at radius 1 is 1.27 bits per heavy atom. The van der Waals surface area contributed by atoms with Crippen LogP contribution in [0, 0.1) is 6.92 Å². The van der Waals surface area contributed by atoms with Crippen LogP contribution in [0.25, 0.3) is 5.57 Å². The van der Waals surface area contributed by atoms with Gasteiger partial charge in [-0.05, 0) is 18.9 Å². The molecule has 0 unspecified atom stereocenters. The minimum Gasteiger partial charge on any atom is -0.258 e. The van der Waals surface area contributed by atoms with Crippen molar-refractivity contribution in [3.8, 4) is 0 Å². The highest BCUT2D eigenvalue weighted by atomic mass is 19.3. The Labute approximate surface area is 87.1 Å². The summed E-state index contributed by atoms with van der Waals surface area (Å²) in [6.07, 6.45) is 4.90. The van der Waals surface area contributed by atoms with E-state index >= 15 is 0 Å². The zero-order valence-corrected chi connectivity index (χ0v) is 8.50. The van der Waals surface area contributed by atoms with Gasteiger partial charge in [-0.25, -0.2) is 8.78 Å². The molecule has 80 valence electrons. The topological polar surface area (TPSA) is 25.8 Å². The minimum atomic E-state index is -2.54. The lowest BCUT2D eigenvalue weighted by molar-refractivity contribution is -0.00606. The summed E-state index contributed by atoms with van der Waals surface area (Å²) in [6, 6.07) is 0. The van der Waals surface area contributed by atoms with E-state index in [0.29, 0.717) is 6.42 Å². The number of halogens is 2. The van der Waals surface area contributed by atoms with Gasteiger partial charge in [0, 0.05) is 25.2 Å². The standard InChI is InChI=1S/C11H12F2N2/c1-8-10(15-7-6-14-8)9-2-4-11(12,13)5-3-9/h2,6-7H,3-5H2,1H3. The Morgan fingerprint density at radius 3 is 2.60 bits per heavy atom. The average molecular weight is 210 g/mol. The van der Waals surface area contributed by atoms with Crippen molar-refractivity contribution in [3.63, 3.8) is 0 Å². The molecule has 0 atom stereocenters. The molecule has 0 amide bonds. The fourth-order valence-electron chi connectivity index (χ4n) is 1.73. The van der Waals surface area contributed by atoms with Gasteiger partial charge < -0.3 is 0 Å². The molecule has 0 aliphatic heterocycles. The van der Waals surface area contributed by atoms with Crippen molar-refractivity contribution in [2.24, 2.45) is 0 Å². The Balaban J connectivity index is 2.27. The lowest BCUT2D eigenvalue weighted by Crippen LogP contribution is -2.18. The monoisotopic (exact) mass is 210 g/mol. The van der Waals surface area contributed by atoms with Crippen LogP contribution in [-0.4, -0.2) is 15.9 Å². The van der Waals surface area contributed by atoms with Crippen molar-refractivity contribution in [2.45, 2.75) is 32.1 Å². The first-order valence-electron chi connectivity index (χ1n) is 4.93. The van der Waals surface area contributed by atoms with Gasteiger partial charge in [0.25, 0.3) is 5.92 Å². The second-order valence-electron chi connectivity index (χ2n) is 3.78. The third-order valence-electron chi connectivity index (χ3n) is 2.59. The van der Waals surface area contributed by atoms with Gasteiger partial charge in [0.05, 0.1) is 11.4 Å². The summed E-state index contributed by atoms with van der Waals surface area (Å²) in [5.74, 6) is -2.54. The summed E-state index contributed by atoms with van der Waals surface area (Å²) in [6.45, 7) is 1.84. The van der Waals surface area contributed by atoms with E-state index in [2.05, 4.69) is 9.97 Å². The van der Waals surface area contributed by atoms with Gasteiger partial charge in [-0.15, -0.1) is 0 Å². The van der Waals surface area contributed by atoms with Gasteiger partial charge in [0.2, 0.25) is 0 Å². The largest absolute Gasteiger partial charge is 0.258 e. The molecule has 0 fully saturated rings. The highest BCUT2D eigenvalue weighted by Crippen LogP contribution is 2.35. The molecule has 2 nitrogen and oxygen atoms in total. The van der Waals surface area contributed by atoms with Crippen LogP contribution in [0.5, 0.6) is 0 Å². The summed E-state index contributed by atoms with van der Waals surface area (Å²) in [5, 5.41) is 0. The third-order valence-corrected chi connectivity index (χ3v) is 2.59. The smallest absolute Gasteiger partial charge is 0.251 e. The summed E-state index contributed by atoms with van der Waals surface area (Å²) in [5.41, 5.74) is 2.45. The van der Waals surface area contributed by atoms with Gasteiger partial charge in [0.1, 0.15) is 0 Å². The number of aryl methyl sites for hydroxylation is 1. The van der Waals surface area contributed by atoms with E-state index in [1.54, 1.807) is 18.5 Å². The van der Waals surface area contributed by atoms with Crippen LogP contribution in [-0.2, 0) is 0 Å². The van der Waals surface area contributed by atoms with Crippen LogP contribution in [0.3, 0.4) is 0 Å². The lowest BCUT2D eigenvalue weighted by atomic mass is 9.93. The van der Waals surface area contributed by atoms with Crippen molar-refractivity contribution in [3.05, 3.63) is 29.9 Å². The zero-order valence-electron chi connectivity index (χ0n) is 8.50. The summed E-state index contributed by atoms with van der Waals surface area (Å²) >= 11 is 0. The molecule has 4 heteroatoms. The van der Waals surface area contributed by atoms with E-state index in [4.69, 9.17) is 0 Å². The summed E-state index contributed by atoms with van der Waals surface area (Å²) < 4.78 is 25.8. The minimum absolute atomic E-state index is 0.0884. The van der Waals surface area contributed by atoms with Crippen molar-refractivity contribution in [1.29, 1.82) is 0 Å². The Bertz CT molecular complexity index is 399. The van der Waals surface area contributed by atoms with Crippen molar-refractivity contribution < 1.29 is 8.78 Å². The Hall–Kier alpha value is -1.32. The van der Waals surface area contributed by atoms with E-state index in [9.17, 15) is 8.78 Å². The zero-order chi connectivity index (χ0) is 10.9. The van der Waals surface area contributed by atoms with Crippen LogP contribution < -0.4 is 0 Å². The van der Waals surface area contributed by atoms with E-state index in [0.717, 1.165) is 17.0 Å². The van der Waals surface area contributed by atoms with Crippen LogP contribution in [0.1, 0.15) is 30.7 Å². The molecule has 2 rings (SSSR count). The molecular formula is C11H12F2N2. The van der Waals surface area contributed by atoms with Gasteiger partial charge in [-0.2, -0.15) is 0 Å². The Morgan fingerprint density at radius 2 is 2.00 bits per heavy atom. The van der Waals surface area contributed by atoms with E-state index in [1.807, 2.05) is 6.92 Å². The van der Waals surface area contributed by atoms with Gasteiger partial charge in [-0.3, -0.25) is 9.97 Å². The van der Waals surface area contributed by atoms with Crippen LogP contribution in [0.15, 0.2) is 18.5 Å².